The van der Waals surface area contributed by atoms with Gasteiger partial charge in [0.1, 0.15) is 0 Å². The van der Waals surface area contributed by atoms with Gasteiger partial charge in [0.15, 0.2) is 0 Å². The lowest BCUT2D eigenvalue weighted by Crippen LogP contribution is -2.41. The molecule has 0 aliphatic carbocycles. The van der Waals surface area contributed by atoms with Gasteiger partial charge in [-0.1, -0.05) is 13.8 Å². The number of hydrogen-bond acceptors (Lipinski definition) is 3. The minimum atomic E-state index is 0.649. The monoisotopic (exact) mass is 256 g/mol. The predicted octanol–water partition coefficient (Wildman–Crippen LogP) is 2.37. The Morgan fingerprint density at radius 2 is 1.89 bits per heavy atom. The van der Waals surface area contributed by atoms with Crippen LogP contribution in [0.5, 0.6) is 0 Å². The Morgan fingerprint density at radius 1 is 1.22 bits per heavy atom. The molecule has 0 aromatic carbocycles. The minimum Gasteiger partial charge on any atom is -0.381 e. The summed E-state index contributed by atoms with van der Waals surface area (Å²) < 4.78 is 5.59. The van der Waals surface area contributed by atoms with Crippen molar-refractivity contribution in [3.05, 3.63) is 0 Å². The van der Waals surface area contributed by atoms with E-state index >= 15 is 0 Å². The second-order valence-corrected chi connectivity index (χ2v) is 6.21. The topological polar surface area (TPSA) is 24.5 Å². The summed E-state index contributed by atoms with van der Waals surface area (Å²) in [4.78, 5) is 2.43. The number of piperidine rings is 1. The fourth-order valence-electron chi connectivity index (χ4n) is 2.52. The van der Waals surface area contributed by atoms with E-state index in [2.05, 4.69) is 38.0 Å². The lowest BCUT2D eigenvalue weighted by Gasteiger charge is -2.33. The highest BCUT2D eigenvalue weighted by molar-refractivity contribution is 4.78. The van der Waals surface area contributed by atoms with E-state index in [1.807, 2.05) is 0 Å². The van der Waals surface area contributed by atoms with Crippen LogP contribution in [-0.2, 0) is 4.74 Å². The zero-order valence-electron chi connectivity index (χ0n) is 12.7. The van der Waals surface area contributed by atoms with Crippen molar-refractivity contribution in [1.82, 2.24) is 10.2 Å². The van der Waals surface area contributed by atoms with Crippen molar-refractivity contribution in [2.75, 3.05) is 39.9 Å². The van der Waals surface area contributed by atoms with Crippen LogP contribution in [0.3, 0.4) is 0 Å². The quantitative estimate of drug-likeness (QED) is 0.675. The zero-order valence-corrected chi connectivity index (χ0v) is 12.7. The lowest BCUT2D eigenvalue weighted by molar-refractivity contribution is 0.106. The van der Waals surface area contributed by atoms with Crippen LogP contribution in [0.25, 0.3) is 0 Å². The Balaban J connectivity index is 1.98. The first-order valence-electron chi connectivity index (χ1n) is 7.59. The Bertz CT molecular complexity index is 201. The second-order valence-electron chi connectivity index (χ2n) is 6.21. The Labute approximate surface area is 113 Å². The Kier molecular flexibility index (Phi) is 7.87. The summed E-state index contributed by atoms with van der Waals surface area (Å²) in [5.41, 5.74) is 0. The van der Waals surface area contributed by atoms with Crippen LogP contribution >= 0.6 is 0 Å². The summed E-state index contributed by atoms with van der Waals surface area (Å²) in [6.45, 7) is 12.1. The highest BCUT2D eigenvalue weighted by atomic mass is 16.5. The number of hydrogen-bond donors (Lipinski definition) is 1. The predicted molar refractivity (Wildman–Crippen MR) is 78.0 cm³/mol. The van der Waals surface area contributed by atoms with Crippen LogP contribution < -0.4 is 5.32 Å². The number of likely N-dealkylation sites (tertiary alicyclic amines) is 1. The van der Waals surface area contributed by atoms with E-state index in [1.54, 1.807) is 0 Å². The zero-order chi connectivity index (χ0) is 13.4. The van der Waals surface area contributed by atoms with Crippen molar-refractivity contribution < 1.29 is 4.74 Å². The second kappa shape index (κ2) is 8.89. The molecule has 1 N–H and O–H groups in total. The molecule has 0 radical (unpaired) electrons. The van der Waals surface area contributed by atoms with Gasteiger partial charge in [-0.3, -0.25) is 0 Å². The van der Waals surface area contributed by atoms with Gasteiger partial charge in [0.05, 0.1) is 0 Å². The standard InChI is InChI=1S/C15H32N2O/c1-13(2)12-18-11-5-8-16-14(3)15-6-9-17(4)10-7-15/h13-16H,5-12H2,1-4H3. The summed E-state index contributed by atoms with van der Waals surface area (Å²) in [7, 11) is 2.22. The molecule has 1 heterocycles. The normalized spacial score (nSPS) is 20.5. The summed E-state index contributed by atoms with van der Waals surface area (Å²) >= 11 is 0. The fraction of sp³-hybridized carbons (Fsp3) is 1.00. The van der Waals surface area contributed by atoms with Crippen LogP contribution in [-0.4, -0.2) is 50.8 Å². The molecule has 1 atom stereocenters. The van der Waals surface area contributed by atoms with Crippen molar-refractivity contribution in [3.8, 4) is 0 Å². The first-order chi connectivity index (χ1) is 8.59. The first-order valence-corrected chi connectivity index (χ1v) is 7.59. The molecular formula is C15H32N2O. The van der Waals surface area contributed by atoms with Crippen molar-refractivity contribution in [1.29, 1.82) is 0 Å². The molecule has 0 aromatic heterocycles. The average Bonchev–Trinajstić information content (AvgIpc) is 2.34. The smallest absolute Gasteiger partial charge is 0.0489 e. The van der Waals surface area contributed by atoms with Crippen molar-refractivity contribution in [2.24, 2.45) is 11.8 Å². The maximum absolute atomic E-state index is 5.59. The van der Waals surface area contributed by atoms with Crippen LogP contribution in [0, 0.1) is 11.8 Å². The SMILES string of the molecule is CC(C)COCCCNC(C)C1CCN(C)CC1. The molecule has 1 aliphatic rings. The maximum Gasteiger partial charge on any atom is 0.0489 e. The van der Waals surface area contributed by atoms with E-state index in [1.165, 1.54) is 25.9 Å². The minimum absolute atomic E-state index is 0.649. The van der Waals surface area contributed by atoms with Gasteiger partial charge in [0.2, 0.25) is 0 Å². The molecule has 0 bridgehead atoms. The first kappa shape index (κ1) is 15.9. The largest absolute Gasteiger partial charge is 0.381 e. The third-order valence-corrected chi connectivity index (χ3v) is 3.85. The molecule has 0 spiro atoms. The van der Waals surface area contributed by atoms with Gasteiger partial charge in [-0.2, -0.15) is 0 Å². The molecule has 18 heavy (non-hydrogen) atoms. The van der Waals surface area contributed by atoms with Gasteiger partial charge in [0, 0.05) is 19.3 Å². The summed E-state index contributed by atoms with van der Waals surface area (Å²) in [5, 5.41) is 3.66. The van der Waals surface area contributed by atoms with Gasteiger partial charge in [-0.05, 0) is 64.7 Å². The van der Waals surface area contributed by atoms with Crippen molar-refractivity contribution in [3.63, 3.8) is 0 Å². The van der Waals surface area contributed by atoms with Crippen molar-refractivity contribution in [2.45, 2.75) is 46.1 Å². The fourth-order valence-corrected chi connectivity index (χ4v) is 2.52. The van der Waals surface area contributed by atoms with E-state index < -0.39 is 0 Å². The molecule has 108 valence electrons. The third kappa shape index (κ3) is 6.72. The van der Waals surface area contributed by atoms with Gasteiger partial charge in [0.25, 0.3) is 0 Å². The van der Waals surface area contributed by atoms with Crippen LogP contribution in [0.1, 0.15) is 40.0 Å². The van der Waals surface area contributed by atoms with Crippen LogP contribution in [0.2, 0.25) is 0 Å². The number of rotatable bonds is 8. The van der Waals surface area contributed by atoms with Crippen molar-refractivity contribution >= 4 is 0 Å². The van der Waals surface area contributed by atoms with Crippen LogP contribution in [0.4, 0.5) is 0 Å². The Hall–Kier alpha value is -0.120. The molecule has 0 aromatic rings. The number of nitrogens with zero attached hydrogens (tertiary/aromatic N) is 1. The van der Waals surface area contributed by atoms with E-state index in [9.17, 15) is 0 Å². The summed E-state index contributed by atoms with van der Waals surface area (Å²) in [6, 6.07) is 0.656. The number of ether oxygens (including phenoxy) is 1. The maximum atomic E-state index is 5.59. The van der Waals surface area contributed by atoms with Crippen LogP contribution in [0.15, 0.2) is 0 Å². The van der Waals surface area contributed by atoms with E-state index in [0.717, 1.165) is 32.1 Å². The Morgan fingerprint density at radius 3 is 2.50 bits per heavy atom. The molecule has 1 unspecified atom stereocenters. The highest BCUT2D eigenvalue weighted by Crippen LogP contribution is 2.19. The lowest BCUT2D eigenvalue weighted by atomic mass is 9.90. The molecule has 1 saturated heterocycles. The molecule has 1 rings (SSSR count). The van der Waals surface area contributed by atoms with E-state index in [0.29, 0.717) is 12.0 Å². The van der Waals surface area contributed by atoms with Gasteiger partial charge in [-0.25, -0.2) is 0 Å². The molecule has 3 nitrogen and oxygen atoms in total. The molecule has 3 heteroatoms. The summed E-state index contributed by atoms with van der Waals surface area (Å²) in [5.74, 6) is 1.51. The average molecular weight is 256 g/mol. The molecule has 1 fully saturated rings. The van der Waals surface area contributed by atoms with Gasteiger partial charge >= 0.3 is 0 Å². The molecule has 0 amide bonds. The van der Waals surface area contributed by atoms with Gasteiger partial charge in [-0.15, -0.1) is 0 Å². The summed E-state index contributed by atoms with van der Waals surface area (Å²) in [6.07, 6.45) is 3.81. The molecule has 1 aliphatic heterocycles. The molecular weight excluding hydrogens is 224 g/mol. The highest BCUT2D eigenvalue weighted by Gasteiger charge is 2.21. The third-order valence-electron chi connectivity index (χ3n) is 3.85. The van der Waals surface area contributed by atoms with E-state index in [-0.39, 0.29) is 0 Å². The van der Waals surface area contributed by atoms with Gasteiger partial charge < -0.3 is 15.0 Å². The van der Waals surface area contributed by atoms with E-state index in [4.69, 9.17) is 4.74 Å². The molecule has 0 saturated carbocycles. The number of nitrogens with one attached hydrogen (secondary N) is 1.